The molecule has 0 aliphatic rings. The molecule has 4 heteroatoms. The van der Waals surface area contributed by atoms with Gasteiger partial charge in [-0.1, -0.05) is 29.3 Å². The van der Waals surface area contributed by atoms with Gasteiger partial charge in [0.1, 0.15) is 6.10 Å². The summed E-state index contributed by atoms with van der Waals surface area (Å²) in [6, 6.07) is 4.15. The fraction of sp³-hybridized carbons (Fsp3) is 0.400. The quantitative estimate of drug-likeness (QED) is 0.932. The van der Waals surface area contributed by atoms with Crippen LogP contribution in [0.3, 0.4) is 0 Å². The van der Waals surface area contributed by atoms with Gasteiger partial charge in [-0.25, -0.2) is 0 Å². The number of aryl methyl sites for hydroxylation is 4. The van der Waals surface area contributed by atoms with Crippen LogP contribution in [-0.4, -0.2) is 14.9 Å². The molecular formula is C15H19ClN2O. The predicted molar refractivity (Wildman–Crippen MR) is 77.6 cm³/mol. The highest BCUT2D eigenvalue weighted by atomic mass is 35.5. The zero-order valence-electron chi connectivity index (χ0n) is 11.7. The highest BCUT2D eigenvalue weighted by Crippen LogP contribution is 2.32. The van der Waals surface area contributed by atoms with Crippen molar-refractivity contribution in [2.24, 2.45) is 0 Å². The molecule has 3 nitrogen and oxygen atoms in total. The van der Waals surface area contributed by atoms with E-state index in [0.717, 1.165) is 16.7 Å². The first-order valence-electron chi connectivity index (χ1n) is 6.42. The minimum absolute atomic E-state index is 0.508. The van der Waals surface area contributed by atoms with Crippen LogP contribution in [0.2, 0.25) is 5.02 Å². The Morgan fingerprint density at radius 1 is 1.26 bits per heavy atom. The maximum atomic E-state index is 10.7. The molecular weight excluding hydrogens is 260 g/mol. The van der Waals surface area contributed by atoms with Gasteiger partial charge in [0.2, 0.25) is 0 Å². The Labute approximate surface area is 118 Å². The third-order valence-corrected chi connectivity index (χ3v) is 3.69. The van der Waals surface area contributed by atoms with Crippen molar-refractivity contribution in [3.8, 4) is 0 Å². The minimum Gasteiger partial charge on any atom is -0.382 e. The normalized spacial score (nSPS) is 12.7. The molecule has 1 unspecified atom stereocenters. The van der Waals surface area contributed by atoms with Gasteiger partial charge >= 0.3 is 0 Å². The Morgan fingerprint density at radius 3 is 2.37 bits per heavy atom. The highest BCUT2D eigenvalue weighted by Gasteiger charge is 2.22. The van der Waals surface area contributed by atoms with E-state index >= 15 is 0 Å². The van der Waals surface area contributed by atoms with Gasteiger partial charge < -0.3 is 5.11 Å². The van der Waals surface area contributed by atoms with E-state index in [0.29, 0.717) is 17.3 Å². The van der Waals surface area contributed by atoms with Gasteiger partial charge in [-0.05, 0) is 44.4 Å². The molecule has 0 radical (unpaired) electrons. The summed E-state index contributed by atoms with van der Waals surface area (Å²) in [4.78, 5) is 0. The molecule has 0 saturated heterocycles. The van der Waals surface area contributed by atoms with Crippen molar-refractivity contribution >= 4 is 11.6 Å². The first kappa shape index (κ1) is 14.1. The zero-order valence-corrected chi connectivity index (χ0v) is 12.5. The minimum atomic E-state index is -0.740. The van der Waals surface area contributed by atoms with Crippen LogP contribution >= 0.6 is 11.6 Å². The highest BCUT2D eigenvalue weighted by molar-refractivity contribution is 6.31. The Hall–Kier alpha value is -1.32. The van der Waals surface area contributed by atoms with Gasteiger partial charge in [0.25, 0.3) is 0 Å². The fourth-order valence-electron chi connectivity index (χ4n) is 2.65. The SMILES string of the molecule is CCn1ncc(Cl)c1C(O)c1c(C)cc(C)cc1C. The largest absolute Gasteiger partial charge is 0.382 e. The van der Waals surface area contributed by atoms with Gasteiger partial charge in [0.15, 0.2) is 0 Å². The number of aliphatic hydroxyl groups excluding tert-OH is 1. The third kappa shape index (κ3) is 2.53. The average Bonchev–Trinajstić information content (AvgIpc) is 2.68. The maximum Gasteiger partial charge on any atom is 0.123 e. The van der Waals surface area contributed by atoms with E-state index < -0.39 is 6.10 Å². The number of hydrogen-bond donors (Lipinski definition) is 1. The second kappa shape index (κ2) is 5.35. The number of rotatable bonds is 3. The number of hydrogen-bond acceptors (Lipinski definition) is 2. The van der Waals surface area contributed by atoms with Crippen molar-refractivity contribution in [1.82, 2.24) is 9.78 Å². The van der Waals surface area contributed by atoms with E-state index in [4.69, 9.17) is 11.6 Å². The standard InChI is InChI=1S/C15H19ClN2O/c1-5-18-14(12(16)8-17-18)15(19)13-10(3)6-9(2)7-11(13)4/h6-8,15,19H,5H2,1-4H3. The van der Waals surface area contributed by atoms with Gasteiger partial charge in [0, 0.05) is 6.54 Å². The molecule has 1 N–H and O–H groups in total. The van der Waals surface area contributed by atoms with Crippen LogP contribution < -0.4 is 0 Å². The summed E-state index contributed by atoms with van der Waals surface area (Å²) in [5.41, 5.74) is 4.93. The summed E-state index contributed by atoms with van der Waals surface area (Å²) < 4.78 is 1.74. The predicted octanol–water partition coefficient (Wildman–Crippen LogP) is 3.56. The number of aromatic nitrogens is 2. The van der Waals surface area contributed by atoms with Crippen LogP contribution in [-0.2, 0) is 6.54 Å². The molecule has 0 aliphatic carbocycles. The molecule has 2 aromatic rings. The van der Waals surface area contributed by atoms with E-state index in [1.807, 2.05) is 20.8 Å². The lowest BCUT2D eigenvalue weighted by Gasteiger charge is -2.19. The van der Waals surface area contributed by atoms with E-state index in [1.54, 1.807) is 10.9 Å². The Morgan fingerprint density at radius 2 is 1.84 bits per heavy atom. The summed E-state index contributed by atoms with van der Waals surface area (Å²) >= 11 is 6.16. The molecule has 0 saturated carbocycles. The van der Waals surface area contributed by atoms with Crippen molar-refractivity contribution in [3.63, 3.8) is 0 Å². The second-order valence-electron chi connectivity index (χ2n) is 4.91. The lowest BCUT2D eigenvalue weighted by atomic mass is 9.94. The summed E-state index contributed by atoms with van der Waals surface area (Å²) in [5.74, 6) is 0. The molecule has 102 valence electrons. The topological polar surface area (TPSA) is 38.0 Å². The average molecular weight is 279 g/mol. The van der Waals surface area contributed by atoms with Crippen LogP contribution in [0.1, 0.15) is 41.0 Å². The number of halogens is 1. The van der Waals surface area contributed by atoms with Crippen LogP contribution in [0.15, 0.2) is 18.3 Å². The van der Waals surface area contributed by atoms with Crippen molar-refractivity contribution in [3.05, 3.63) is 51.3 Å². The molecule has 0 fully saturated rings. The second-order valence-corrected chi connectivity index (χ2v) is 5.32. The van der Waals surface area contributed by atoms with E-state index in [1.165, 1.54) is 5.56 Å². The van der Waals surface area contributed by atoms with E-state index in [2.05, 4.69) is 24.2 Å². The monoisotopic (exact) mass is 278 g/mol. The van der Waals surface area contributed by atoms with Crippen molar-refractivity contribution in [1.29, 1.82) is 0 Å². The molecule has 1 aromatic heterocycles. The first-order chi connectivity index (χ1) is 8.95. The Bertz CT molecular complexity index is 581. The summed E-state index contributed by atoms with van der Waals surface area (Å²) in [5, 5.41) is 15.4. The number of nitrogens with zero attached hydrogens (tertiary/aromatic N) is 2. The van der Waals surface area contributed by atoms with Crippen molar-refractivity contribution in [2.45, 2.75) is 40.3 Å². The molecule has 1 aromatic carbocycles. The number of aliphatic hydroxyl groups is 1. The van der Waals surface area contributed by atoms with E-state index in [9.17, 15) is 5.11 Å². The van der Waals surface area contributed by atoms with Gasteiger partial charge in [-0.3, -0.25) is 4.68 Å². The maximum absolute atomic E-state index is 10.7. The molecule has 0 aliphatic heterocycles. The smallest absolute Gasteiger partial charge is 0.123 e. The summed E-state index contributed by atoms with van der Waals surface area (Å²) in [6.07, 6.45) is 0.846. The lowest BCUT2D eigenvalue weighted by molar-refractivity contribution is 0.206. The van der Waals surface area contributed by atoms with Gasteiger partial charge in [-0.2, -0.15) is 5.10 Å². The molecule has 1 atom stereocenters. The van der Waals surface area contributed by atoms with Crippen LogP contribution in [0, 0.1) is 20.8 Å². The Balaban J connectivity index is 2.56. The Kier molecular flexibility index (Phi) is 3.97. The summed E-state index contributed by atoms with van der Waals surface area (Å²) in [7, 11) is 0. The van der Waals surface area contributed by atoms with Crippen molar-refractivity contribution in [2.75, 3.05) is 0 Å². The van der Waals surface area contributed by atoms with Crippen LogP contribution in [0.4, 0.5) is 0 Å². The zero-order chi connectivity index (χ0) is 14.2. The van der Waals surface area contributed by atoms with Crippen LogP contribution in [0.5, 0.6) is 0 Å². The van der Waals surface area contributed by atoms with Gasteiger partial charge in [0.05, 0.1) is 16.9 Å². The van der Waals surface area contributed by atoms with Crippen molar-refractivity contribution < 1.29 is 5.11 Å². The number of benzene rings is 1. The summed E-state index contributed by atoms with van der Waals surface area (Å²) in [6.45, 7) is 8.75. The molecule has 1 heterocycles. The lowest BCUT2D eigenvalue weighted by Crippen LogP contribution is -2.12. The molecule has 2 rings (SSSR count). The molecule has 0 spiro atoms. The van der Waals surface area contributed by atoms with Crippen LogP contribution in [0.25, 0.3) is 0 Å². The first-order valence-corrected chi connectivity index (χ1v) is 6.80. The molecule has 0 amide bonds. The molecule has 0 bridgehead atoms. The fourth-order valence-corrected chi connectivity index (χ4v) is 2.90. The third-order valence-electron chi connectivity index (χ3n) is 3.40. The molecule has 19 heavy (non-hydrogen) atoms. The van der Waals surface area contributed by atoms with E-state index in [-0.39, 0.29) is 0 Å². The van der Waals surface area contributed by atoms with Gasteiger partial charge in [-0.15, -0.1) is 0 Å².